The van der Waals surface area contributed by atoms with Gasteiger partial charge in [-0.25, -0.2) is 0 Å². The number of nitrogens with one attached hydrogen (secondary N) is 1. The summed E-state index contributed by atoms with van der Waals surface area (Å²) >= 11 is 0. The van der Waals surface area contributed by atoms with E-state index in [4.69, 9.17) is 10.2 Å². The van der Waals surface area contributed by atoms with Crippen molar-refractivity contribution in [1.82, 2.24) is 5.32 Å². The third-order valence-corrected chi connectivity index (χ3v) is 2.86. The lowest BCUT2D eigenvalue weighted by Crippen LogP contribution is -2.29. The number of hydrogen-bond donors (Lipinski definition) is 2. The van der Waals surface area contributed by atoms with Crippen molar-refractivity contribution in [3.8, 4) is 0 Å². The molecule has 1 heterocycles. The summed E-state index contributed by atoms with van der Waals surface area (Å²) in [6.07, 6.45) is 0.469. The third kappa shape index (κ3) is 3.89. The first kappa shape index (κ1) is 13.8. The number of carbonyl (C=O) groups excluding carboxylic acids is 1. The molecule has 0 bridgehead atoms. The fourth-order valence-corrected chi connectivity index (χ4v) is 1.86. The highest BCUT2D eigenvalue weighted by atomic mass is 16.3. The second-order valence-electron chi connectivity index (χ2n) is 4.70. The zero-order valence-corrected chi connectivity index (χ0v) is 11.0. The van der Waals surface area contributed by atoms with E-state index >= 15 is 0 Å². The van der Waals surface area contributed by atoms with Crippen molar-refractivity contribution < 1.29 is 9.21 Å². The Morgan fingerprint density at radius 3 is 2.59 bits per heavy atom. The Bertz CT molecular complexity index is 385. The summed E-state index contributed by atoms with van der Waals surface area (Å²) in [6.45, 7) is 8.28. The second kappa shape index (κ2) is 5.87. The van der Waals surface area contributed by atoms with Gasteiger partial charge in [0.25, 0.3) is 0 Å². The predicted molar refractivity (Wildman–Crippen MR) is 67.6 cm³/mol. The first-order valence-corrected chi connectivity index (χ1v) is 6.00. The SMILES string of the molecule is Cc1cc(C(C)NC(=O)CC(C)CN)c(C)o1. The zero-order valence-electron chi connectivity index (χ0n) is 11.0. The number of hydrogen-bond acceptors (Lipinski definition) is 3. The molecule has 0 aliphatic carbocycles. The normalized spacial score (nSPS) is 14.4. The van der Waals surface area contributed by atoms with Crippen molar-refractivity contribution in [1.29, 1.82) is 0 Å². The van der Waals surface area contributed by atoms with E-state index in [1.807, 2.05) is 33.8 Å². The van der Waals surface area contributed by atoms with Gasteiger partial charge in [-0.05, 0) is 39.3 Å². The standard InChI is InChI=1S/C13H22N2O2/c1-8(7-14)5-13(16)15-10(3)12-6-9(2)17-11(12)4/h6,8,10H,5,7,14H2,1-4H3,(H,15,16). The maximum atomic E-state index is 11.7. The van der Waals surface area contributed by atoms with Crippen LogP contribution in [0.2, 0.25) is 0 Å². The molecule has 0 radical (unpaired) electrons. The predicted octanol–water partition coefficient (Wildman–Crippen LogP) is 2.06. The molecular formula is C13H22N2O2. The Morgan fingerprint density at radius 2 is 2.12 bits per heavy atom. The van der Waals surface area contributed by atoms with Gasteiger partial charge in [-0.1, -0.05) is 6.92 Å². The van der Waals surface area contributed by atoms with E-state index in [-0.39, 0.29) is 17.9 Å². The molecule has 0 saturated heterocycles. The number of aryl methyl sites for hydroxylation is 2. The Balaban J connectivity index is 2.57. The van der Waals surface area contributed by atoms with Crippen LogP contribution in [-0.4, -0.2) is 12.5 Å². The van der Waals surface area contributed by atoms with Crippen LogP contribution in [0.5, 0.6) is 0 Å². The van der Waals surface area contributed by atoms with E-state index in [0.29, 0.717) is 13.0 Å². The van der Waals surface area contributed by atoms with Crippen molar-refractivity contribution in [2.24, 2.45) is 11.7 Å². The lowest BCUT2D eigenvalue weighted by atomic mass is 10.1. The number of furan rings is 1. The van der Waals surface area contributed by atoms with Crippen LogP contribution in [0, 0.1) is 19.8 Å². The molecular weight excluding hydrogens is 216 g/mol. The van der Waals surface area contributed by atoms with Gasteiger partial charge in [0.05, 0.1) is 6.04 Å². The van der Waals surface area contributed by atoms with Crippen LogP contribution in [0.3, 0.4) is 0 Å². The molecule has 1 amide bonds. The van der Waals surface area contributed by atoms with Crippen molar-refractivity contribution in [3.63, 3.8) is 0 Å². The van der Waals surface area contributed by atoms with E-state index in [1.54, 1.807) is 0 Å². The average molecular weight is 238 g/mol. The van der Waals surface area contributed by atoms with Crippen molar-refractivity contribution in [2.75, 3.05) is 6.54 Å². The third-order valence-electron chi connectivity index (χ3n) is 2.86. The highest BCUT2D eigenvalue weighted by molar-refractivity contribution is 5.76. The smallest absolute Gasteiger partial charge is 0.220 e. The van der Waals surface area contributed by atoms with Gasteiger partial charge in [-0.2, -0.15) is 0 Å². The van der Waals surface area contributed by atoms with Crippen LogP contribution in [0.15, 0.2) is 10.5 Å². The summed E-state index contributed by atoms with van der Waals surface area (Å²) in [5.41, 5.74) is 6.53. The van der Waals surface area contributed by atoms with Crippen molar-refractivity contribution in [3.05, 3.63) is 23.2 Å². The second-order valence-corrected chi connectivity index (χ2v) is 4.70. The average Bonchev–Trinajstić information content (AvgIpc) is 2.57. The molecule has 4 heteroatoms. The van der Waals surface area contributed by atoms with Gasteiger partial charge in [0.1, 0.15) is 11.5 Å². The first-order chi connectivity index (χ1) is 7.93. The molecule has 0 aliphatic rings. The fourth-order valence-electron chi connectivity index (χ4n) is 1.86. The van der Waals surface area contributed by atoms with Gasteiger partial charge >= 0.3 is 0 Å². The molecule has 17 heavy (non-hydrogen) atoms. The minimum Gasteiger partial charge on any atom is -0.466 e. The van der Waals surface area contributed by atoms with E-state index < -0.39 is 0 Å². The van der Waals surface area contributed by atoms with Crippen LogP contribution in [0.25, 0.3) is 0 Å². The van der Waals surface area contributed by atoms with Gasteiger partial charge in [-0.15, -0.1) is 0 Å². The Labute approximate surface area is 103 Å². The zero-order chi connectivity index (χ0) is 13.0. The molecule has 2 atom stereocenters. The van der Waals surface area contributed by atoms with Crippen LogP contribution < -0.4 is 11.1 Å². The summed E-state index contributed by atoms with van der Waals surface area (Å²) in [7, 11) is 0. The van der Waals surface area contributed by atoms with E-state index in [1.165, 1.54) is 0 Å². The van der Waals surface area contributed by atoms with E-state index in [0.717, 1.165) is 17.1 Å². The molecule has 1 aromatic heterocycles. The van der Waals surface area contributed by atoms with Gasteiger partial charge in [0.2, 0.25) is 5.91 Å². The van der Waals surface area contributed by atoms with Crippen LogP contribution in [0.4, 0.5) is 0 Å². The monoisotopic (exact) mass is 238 g/mol. The summed E-state index contributed by atoms with van der Waals surface area (Å²) in [5.74, 6) is 1.99. The quantitative estimate of drug-likeness (QED) is 0.825. The Kier molecular flexibility index (Phi) is 4.75. The molecule has 96 valence electrons. The molecule has 4 nitrogen and oxygen atoms in total. The number of carbonyl (C=O) groups is 1. The maximum Gasteiger partial charge on any atom is 0.220 e. The molecule has 0 aromatic carbocycles. The summed E-state index contributed by atoms with van der Waals surface area (Å²) in [6, 6.07) is 1.94. The number of rotatable bonds is 5. The summed E-state index contributed by atoms with van der Waals surface area (Å²) in [5, 5.41) is 2.96. The first-order valence-electron chi connectivity index (χ1n) is 6.00. The van der Waals surface area contributed by atoms with Gasteiger partial charge < -0.3 is 15.5 Å². The highest BCUT2D eigenvalue weighted by Crippen LogP contribution is 2.21. The number of amides is 1. The molecule has 2 unspecified atom stereocenters. The molecule has 1 rings (SSSR count). The summed E-state index contributed by atoms with van der Waals surface area (Å²) in [4.78, 5) is 11.7. The summed E-state index contributed by atoms with van der Waals surface area (Å²) < 4.78 is 5.45. The van der Waals surface area contributed by atoms with E-state index in [9.17, 15) is 4.79 Å². The van der Waals surface area contributed by atoms with Crippen molar-refractivity contribution >= 4 is 5.91 Å². The molecule has 0 saturated carbocycles. The van der Waals surface area contributed by atoms with Crippen LogP contribution in [-0.2, 0) is 4.79 Å². The lowest BCUT2D eigenvalue weighted by Gasteiger charge is -2.15. The molecule has 3 N–H and O–H groups in total. The fraction of sp³-hybridized carbons (Fsp3) is 0.615. The van der Waals surface area contributed by atoms with Crippen LogP contribution in [0.1, 0.15) is 43.4 Å². The Hall–Kier alpha value is -1.29. The largest absolute Gasteiger partial charge is 0.466 e. The Morgan fingerprint density at radius 1 is 1.47 bits per heavy atom. The lowest BCUT2D eigenvalue weighted by molar-refractivity contribution is -0.122. The maximum absolute atomic E-state index is 11.7. The number of nitrogens with two attached hydrogens (primary N) is 1. The molecule has 0 spiro atoms. The van der Waals surface area contributed by atoms with Gasteiger partial charge in [0, 0.05) is 12.0 Å². The van der Waals surface area contributed by atoms with Crippen molar-refractivity contribution in [2.45, 2.75) is 40.2 Å². The van der Waals surface area contributed by atoms with Gasteiger partial charge in [-0.3, -0.25) is 4.79 Å². The highest BCUT2D eigenvalue weighted by Gasteiger charge is 2.16. The minimum atomic E-state index is -0.0232. The van der Waals surface area contributed by atoms with Crippen LogP contribution >= 0.6 is 0 Å². The minimum absolute atomic E-state index is 0.0232. The molecule has 0 fully saturated rings. The molecule has 0 aliphatic heterocycles. The topological polar surface area (TPSA) is 68.3 Å². The van der Waals surface area contributed by atoms with Gasteiger partial charge in [0.15, 0.2) is 0 Å². The molecule has 1 aromatic rings. The van der Waals surface area contributed by atoms with E-state index in [2.05, 4.69) is 5.32 Å².